The van der Waals surface area contributed by atoms with Crippen molar-refractivity contribution in [3.8, 4) is 0 Å². The quantitative estimate of drug-likeness (QED) is 0.583. The minimum absolute atomic E-state index is 0.0760. The van der Waals surface area contributed by atoms with Crippen molar-refractivity contribution in [3.05, 3.63) is 64.7 Å². The van der Waals surface area contributed by atoms with Crippen LogP contribution < -0.4 is 10.6 Å². The number of nitrogens with one attached hydrogen (secondary N) is 2. The van der Waals surface area contributed by atoms with Gasteiger partial charge in [-0.3, -0.25) is 0 Å². The monoisotopic (exact) mass is 386 g/mol. The Bertz CT molecular complexity index is 736. The fourth-order valence-electron chi connectivity index (χ4n) is 3.79. The largest absolute Gasteiger partial charge is 0.357 e. The van der Waals surface area contributed by atoms with Gasteiger partial charge in [-0.15, -0.1) is 0 Å². The summed E-state index contributed by atoms with van der Waals surface area (Å²) in [5, 5.41) is 8.56. The highest BCUT2D eigenvalue weighted by atomic mass is 35.5. The molecule has 1 fully saturated rings. The second kappa shape index (κ2) is 8.88. The first-order valence-electron chi connectivity index (χ1n) is 9.52. The van der Waals surface area contributed by atoms with Crippen molar-refractivity contribution in [2.45, 2.75) is 57.4 Å². The molecular formula is C22H27ClN2S. The molecule has 2 N–H and O–H groups in total. The van der Waals surface area contributed by atoms with Crippen molar-refractivity contribution in [3.63, 3.8) is 0 Å². The van der Waals surface area contributed by atoms with Gasteiger partial charge in [0.2, 0.25) is 0 Å². The number of halogens is 1. The number of hydrogen-bond donors (Lipinski definition) is 2. The molecule has 0 aromatic heterocycles. The van der Waals surface area contributed by atoms with Gasteiger partial charge in [0, 0.05) is 16.2 Å². The Morgan fingerprint density at radius 3 is 2.42 bits per heavy atom. The van der Waals surface area contributed by atoms with Crippen LogP contribution in [0.4, 0.5) is 5.69 Å². The molecule has 0 bridgehead atoms. The summed E-state index contributed by atoms with van der Waals surface area (Å²) < 4.78 is 0. The van der Waals surface area contributed by atoms with Crippen LogP contribution in [-0.2, 0) is 12.8 Å². The van der Waals surface area contributed by atoms with Crippen LogP contribution in [0, 0.1) is 0 Å². The van der Waals surface area contributed by atoms with Crippen LogP contribution >= 0.6 is 23.8 Å². The van der Waals surface area contributed by atoms with Crippen LogP contribution in [0.15, 0.2) is 48.5 Å². The highest BCUT2D eigenvalue weighted by molar-refractivity contribution is 7.80. The van der Waals surface area contributed by atoms with Gasteiger partial charge in [0.15, 0.2) is 5.11 Å². The van der Waals surface area contributed by atoms with Gasteiger partial charge in [0.25, 0.3) is 0 Å². The first-order chi connectivity index (χ1) is 12.6. The van der Waals surface area contributed by atoms with Gasteiger partial charge in [-0.1, -0.05) is 61.7 Å². The van der Waals surface area contributed by atoms with Gasteiger partial charge in [0.05, 0.1) is 0 Å². The van der Waals surface area contributed by atoms with E-state index in [1.807, 2.05) is 12.1 Å². The molecule has 1 saturated carbocycles. The minimum atomic E-state index is 0.0760. The number of thiocarbonyl (C=S) groups is 1. The van der Waals surface area contributed by atoms with Gasteiger partial charge in [-0.05, 0) is 73.6 Å². The highest BCUT2D eigenvalue weighted by Gasteiger charge is 2.34. The van der Waals surface area contributed by atoms with Crippen LogP contribution in [-0.4, -0.2) is 10.7 Å². The third kappa shape index (κ3) is 4.99. The first-order valence-corrected chi connectivity index (χ1v) is 10.3. The van der Waals surface area contributed by atoms with E-state index in [-0.39, 0.29) is 5.54 Å². The van der Waals surface area contributed by atoms with E-state index in [4.69, 9.17) is 23.8 Å². The molecule has 2 nitrogen and oxygen atoms in total. The van der Waals surface area contributed by atoms with Crippen molar-refractivity contribution in [1.82, 2.24) is 5.32 Å². The van der Waals surface area contributed by atoms with Crippen molar-refractivity contribution < 1.29 is 0 Å². The molecule has 1 aliphatic rings. The summed E-state index contributed by atoms with van der Waals surface area (Å²) in [7, 11) is 0. The average molecular weight is 387 g/mol. The lowest BCUT2D eigenvalue weighted by molar-refractivity contribution is 0.362. The van der Waals surface area contributed by atoms with E-state index in [0.717, 1.165) is 47.9 Å². The van der Waals surface area contributed by atoms with E-state index >= 15 is 0 Å². The molecule has 0 spiro atoms. The van der Waals surface area contributed by atoms with Gasteiger partial charge in [0.1, 0.15) is 0 Å². The zero-order valence-corrected chi connectivity index (χ0v) is 16.9. The molecule has 1 aliphatic carbocycles. The molecule has 26 heavy (non-hydrogen) atoms. The van der Waals surface area contributed by atoms with Gasteiger partial charge < -0.3 is 10.6 Å². The van der Waals surface area contributed by atoms with E-state index in [1.165, 1.54) is 24.0 Å². The molecule has 2 aromatic carbocycles. The molecular weight excluding hydrogens is 360 g/mol. The summed E-state index contributed by atoms with van der Waals surface area (Å²) in [6.45, 7) is 2.16. The molecule has 0 unspecified atom stereocenters. The smallest absolute Gasteiger partial charge is 0.171 e. The van der Waals surface area contributed by atoms with E-state index in [9.17, 15) is 0 Å². The van der Waals surface area contributed by atoms with Gasteiger partial charge in [-0.2, -0.15) is 0 Å². The van der Waals surface area contributed by atoms with Crippen LogP contribution in [0.1, 0.15) is 50.2 Å². The molecule has 0 aliphatic heterocycles. The van der Waals surface area contributed by atoms with Crippen LogP contribution in [0.5, 0.6) is 0 Å². The maximum atomic E-state index is 6.33. The summed E-state index contributed by atoms with van der Waals surface area (Å²) >= 11 is 11.9. The maximum Gasteiger partial charge on any atom is 0.171 e. The number of anilines is 1. The molecule has 4 heteroatoms. The lowest BCUT2D eigenvalue weighted by atomic mass is 9.89. The summed E-state index contributed by atoms with van der Waals surface area (Å²) in [4.78, 5) is 0. The second-order valence-electron chi connectivity index (χ2n) is 7.21. The zero-order valence-electron chi connectivity index (χ0n) is 15.4. The van der Waals surface area contributed by atoms with Crippen LogP contribution in [0.2, 0.25) is 5.02 Å². The maximum absolute atomic E-state index is 6.33. The molecule has 0 saturated heterocycles. The van der Waals surface area contributed by atoms with E-state index in [1.54, 1.807) is 0 Å². The lowest BCUT2D eigenvalue weighted by Crippen LogP contribution is -2.48. The Labute approximate surface area is 167 Å². The number of rotatable bonds is 6. The Kier molecular flexibility index (Phi) is 6.55. The fourth-order valence-corrected chi connectivity index (χ4v) is 4.36. The lowest BCUT2D eigenvalue weighted by Gasteiger charge is -2.32. The van der Waals surface area contributed by atoms with Crippen molar-refractivity contribution in [2.75, 3.05) is 5.32 Å². The van der Waals surface area contributed by atoms with Crippen molar-refractivity contribution >= 4 is 34.6 Å². The Morgan fingerprint density at radius 2 is 1.77 bits per heavy atom. The van der Waals surface area contributed by atoms with E-state index < -0.39 is 0 Å². The predicted molar refractivity (Wildman–Crippen MR) is 116 cm³/mol. The molecule has 3 rings (SSSR count). The predicted octanol–water partition coefficient (Wildman–Crippen LogP) is 6.13. The number of aryl methyl sites for hydroxylation is 2. The number of hydrogen-bond acceptors (Lipinski definition) is 1. The fraction of sp³-hybridized carbons (Fsp3) is 0.409. The van der Waals surface area contributed by atoms with Gasteiger partial charge in [-0.25, -0.2) is 0 Å². The highest BCUT2D eigenvalue weighted by Crippen LogP contribution is 2.34. The zero-order chi connectivity index (χ0) is 18.4. The Morgan fingerprint density at radius 1 is 1.08 bits per heavy atom. The Hall–Kier alpha value is -1.58. The number of benzene rings is 2. The molecule has 0 amide bonds. The summed E-state index contributed by atoms with van der Waals surface area (Å²) in [6, 6.07) is 16.6. The van der Waals surface area contributed by atoms with Crippen molar-refractivity contribution in [2.24, 2.45) is 0 Å². The van der Waals surface area contributed by atoms with E-state index in [0.29, 0.717) is 0 Å². The third-order valence-corrected chi connectivity index (χ3v) is 5.96. The molecule has 2 aromatic rings. The molecule has 0 heterocycles. The molecule has 138 valence electrons. The standard InChI is InChI=1S/C22H27ClN2S/c1-2-17-9-11-19(12-10-17)24-21(26)25-22(14-5-6-15-22)16-13-18-7-3-4-8-20(18)23/h3-4,7-12H,2,5-6,13-16H2,1H3,(H2,24,25,26). The summed E-state index contributed by atoms with van der Waals surface area (Å²) in [5.41, 5.74) is 3.67. The average Bonchev–Trinajstić information content (AvgIpc) is 3.10. The summed E-state index contributed by atoms with van der Waals surface area (Å²) in [6.07, 6.45) is 7.90. The normalized spacial score (nSPS) is 15.6. The molecule has 0 radical (unpaired) electrons. The van der Waals surface area contributed by atoms with Crippen molar-refractivity contribution in [1.29, 1.82) is 0 Å². The topological polar surface area (TPSA) is 24.1 Å². The minimum Gasteiger partial charge on any atom is -0.357 e. The van der Waals surface area contributed by atoms with Crippen LogP contribution in [0.25, 0.3) is 0 Å². The second-order valence-corrected chi connectivity index (χ2v) is 8.02. The summed E-state index contributed by atoms with van der Waals surface area (Å²) in [5.74, 6) is 0. The van der Waals surface area contributed by atoms with E-state index in [2.05, 4.69) is 54.0 Å². The third-order valence-electron chi connectivity index (χ3n) is 5.39. The van der Waals surface area contributed by atoms with Crippen LogP contribution in [0.3, 0.4) is 0 Å². The molecule has 0 atom stereocenters. The Balaban J connectivity index is 1.61. The SMILES string of the molecule is CCc1ccc(NC(=S)NC2(CCc3ccccc3Cl)CCCC2)cc1. The van der Waals surface area contributed by atoms with Gasteiger partial charge >= 0.3 is 0 Å². The first kappa shape index (κ1) is 19.2.